The van der Waals surface area contributed by atoms with Crippen LogP contribution in [0.25, 0.3) is 0 Å². The SMILES string of the molecule is CC(/C=C/CC(C)CCC(C)C(C)C)=C\C(=O)C(C)C. The van der Waals surface area contributed by atoms with Crippen molar-refractivity contribution in [2.24, 2.45) is 23.7 Å². The summed E-state index contributed by atoms with van der Waals surface area (Å²) in [5.41, 5.74) is 1.06. The van der Waals surface area contributed by atoms with Crippen molar-refractivity contribution in [1.82, 2.24) is 0 Å². The molecule has 116 valence electrons. The maximum atomic E-state index is 11.6. The number of carbonyl (C=O) groups is 1. The van der Waals surface area contributed by atoms with Crippen LogP contribution in [0.5, 0.6) is 0 Å². The number of hydrogen-bond donors (Lipinski definition) is 0. The minimum absolute atomic E-state index is 0.0924. The van der Waals surface area contributed by atoms with Gasteiger partial charge in [0.05, 0.1) is 0 Å². The monoisotopic (exact) mass is 278 g/mol. The van der Waals surface area contributed by atoms with E-state index in [1.807, 2.05) is 20.8 Å². The van der Waals surface area contributed by atoms with Gasteiger partial charge in [-0.1, -0.05) is 66.5 Å². The molecule has 2 atom stereocenters. The molecule has 0 saturated carbocycles. The van der Waals surface area contributed by atoms with Gasteiger partial charge < -0.3 is 0 Å². The first-order valence-electron chi connectivity index (χ1n) is 8.12. The van der Waals surface area contributed by atoms with Crippen LogP contribution in [0.15, 0.2) is 23.8 Å². The van der Waals surface area contributed by atoms with Crippen LogP contribution in [0.4, 0.5) is 0 Å². The molecule has 0 bridgehead atoms. The van der Waals surface area contributed by atoms with Gasteiger partial charge in [-0.05, 0) is 42.7 Å². The van der Waals surface area contributed by atoms with Crippen molar-refractivity contribution in [2.45, 2.75) is 67.7 Å². The van der Waals surface area contributed by atoms with Crippen LogP contribution in [0.1, 0.15) is 67.7 Å². The molecule has 1 nitrogen and oxygen atoms in total. The van der Waals surface area contributed by atoms with Gasteiger partial charge in [-0.15, -0.1) is 0 Å². The van der Waals surface area contributed by atoms with E-state index in [-0.39, 0.29) is 11.7 Å². The Labute approximate surface area is 126 Å². The maximum absolute atomic E-state index is 11.6. The molecule has 0 rings (SSSR count). The lowest BCUT2D eigenvalue weighted by atomic mass is 9.89. The lowest BCUT2D eigenvalue weighted by Gasteiger charge is -2.17. The van der Waals surface area contributed by atoms with Gasteiger partial charge in [0.15, 0.2) is 5.78 Å². The van der Waals surface area contributed by atoms with Gasteiger partial charge in [-0.3, -0.25) is 4.79 Å². The summed E-state index contributed by atoms with van der Waals surface area (Å²) in [6.45, 7) is 15.1. The van der Waals surface area contributed by atoms with E-state index in [4.69, 9.17) is 0 Å². The molecular weight excluding hydrogens is 244 g/mol. The van der Waals surface area contributed by atoms with Crippen LogP contribution in [0.2, 0.25) is 0 Å². The minimum Gasteiger partial charge on any atom is -0.295 e. The van der Waals surface area contributed by atoms with Crippen LogP contribution in [0, 0.1) is 23.7 Å². The average molecular weight is 278 g/mol. The van der Waals surface area contributed by atoms with Crippen molar-refractivity contribution in [1.29, 1.82) is 0 Å². The topological polar surface area (TPSA) is 17.1 Å². The van der Waals surface area contributed by atoms with Crippen molar-refractivity contribution < 1.29 is 4.79 Å². The summed E-state index contributed by atoms with van der Waals surface area (Å²) >= 11 is 0. The van der Waals surface area contributed by atoms with Crippen molar-refractivity contribution >= 4 is 5.78 Å². The van der Waals surface area contributed by atoms with E-state index < -0.39 is 0 Å². The molecule has 0 aromatic heterocycles. The zero-order chi connectivity index (χ0) is 15.7. The van der Waals surface area contributed by atoms with Crippen LogP contribution in [-0.4, -0.2) is 5.78 Å². The average Bonchev–Trinajstić information content (AvgIpc) is 2.35. The molecular formula is C19H34O. The molecule has 0 aliphatic rings. The Hall–Kier alpha value is -0.850. The first-order chi connectivity index (χ1) is 9.23. The van der Waals surface area contributed by atoms with E-state index in [1.165, 1.54) is 12.8 Å². The van der Waals surface area contributed by atoms with Crippen LogP contribution >= 0.6 is 0 Å². The predicted molar refractivity (Wildman–Crippen MR) is 89.8 cm³/mol. The first kappa shape index (κ1) is 19.1. The van der Waals surface area contributed by atoms with E-state index in [1.54, 1.807) is 6.08 Å². The van der Waals surface area contributed by atoms with Crippen LogP contribution < -0.4 is 0 Å². The molecule has 0 saturated heterocycles. The number of hydrogen-bond acceptors (Lipinski definition) is 1. The smallest absolute Gasteiger partial charge is 0.158 e. The van der Waals surface area contributed by atoms with Crippen molar-refractivity contribution in [2.75, 3.05) is 0 Å². The van der Waals surface area contributed by atoms with E-state index in [0.29, 0.717) is 0 Å². The van der Waals surface area contributed by atoms with Crippen LogP contribution in [-0.2, 0) is 4.79 Å². The molecule has 0 aliphatic heterocycles. The highest BCUT2D eigenvalue weighted by molar-refractivity contribution is 5.92. The Morgan fingerprint density at radius 1 is 1.00 bits per heavy atom. The number of carbonyl (C=O) groups excluding carboxylic acids is 1. The predicted octanol–water partition coefficient (Wildman–Crippen LogP) is 5.81. The first-order valence-corrected chi connectivity index (χ1v) is 8.12. The molecule has 0 aromatic rings. The van der Waals surface area contributed by atoms with Gasteiger partial charge >= 0.3 is 0 Å². The third-order valence-electron chi connectivity index (χ3n) is 4.11. The Bertz CT molecular complexity index is 334. The Balaban J connectivity index is 4.08. The second-order valence-corrected chi connectivity index (χ2v) is 6.99. The second kappa shape index (κ2) is 9.96. The molecule has 0 aliphatic carbocycles. The molecule has 1 heteroatoms. The van der Waals surface area contributed by atoms with Gasteiger partial charge in [-0.2, -0.15) is 0 Å². The van der Waals surface area contributed by atoms with Gasteiger partial charge in [0.25, 0.3) is 0 Å². The normalized spacial score (nSPS) is 16.1. The van der Waals surface area contributed by atoms with E-state index >= 15 is 0 Å². The maximum Gasteiger partial charge on any atom is 0.158 e. The quantitative estimate of drug-likeness (QED) is 0.384. The van der Waals surface area contributed by atoms with Gasteiger partial charge in [-0.25, -0.2) is 0 Å². The Kier molecular flexibility index (Phi) is 9.54. The summed E-state index contributed by atoms with van der Waals surface area (Å²) in [5.74, 6) is 2.62. The lowest BCUT2D eigenvalue weighted by molar-refractivity contribution is -0.117. The summed E-state index contributed by atoms with van der Waals surface area (Å²) in [7, 11) is 0. The highest BCUT2D eigenvalue weighted by atomic mass is 16.1. The molecule has 20 heavy (non-hydrogen) atoms. The third kappa shape index (κ3) is 9.12. The summed E-state index contributed by atoms with van der Waals surface area (Å²) in [6.07, 6.45) is 9.76. The largest absolute Gasteiger partial charge is 0.295 e. The number of ketones is 1. The zero-order valence-corrected chi connectivity index (χ0v) is 14.6. The Morgan fingerprint density at radius 2 is 1.60 bits per heavy atom. The number of allylic oxidation sites excluding steroid dienone is 4. The summed E-state index contributed by atoms with van der Waals surface area (Å²) < 4.78 is 0. The Morgan fingerprint density at radius 3 is 2.10 bits per heavy atom. The van der Waals surface area contributed by atoms with E-state index in [0.717, 1.165) is 29.7 Å². The van der Waals surface area contributed by atoms with Gasteiger partial charge in [0, 0.05) is 5.92 Å². The van der Waals surface area contributed by atoms with Crippen molar-refractivity contribution in [3.8, 4) is 0 Å². The fourth-order valence-electron chi connectivity index (χ4n) is 1.92. The van der Waals surface area contributed by atoms with Gasteiger partial charge in [0.1, 0.15) is 0 Å². The second-order valence-electron chi connectivity index (χ2n) is 6.99. The zero-order valence-electron chi connectivity index (χ0n) is 14.6. The molecule has 0 spiro atoms. The molecule has 2 unspecified atom stereocenters. The molecule has 0 radical (unpaired) electrons. The highest BCUT2D eigenvalue weighted by Gasteiger charge is 2.09. The summed E-state index contributed by atoms with van der Waals surface area (Å²) in [4.78, 5) is 11.6. The molecule has 0 heterocycles. The fourth-order valence-corrected chi connectivity index (χ4v) is 1.92. The van der Waals surface area contributed by atoms with Crippen molar-refractivity contribution in [3.63, 3.8) is 0 Å². The molecule has 0 aromatic carbocycles. The van der Waals surface area contributed by atoms with Crippen LogP contribution in [0.3, 0.4) is 0 Å². The number of rotatable bonds is 9. The highest BCUT2D eigenvalue weighted by Crippen LogP contribution is 2.21. The molecule has 0 fully saturated rings. The van der Waals surface area contributed by atoms with E-state index in [9.17, 15) is 4.79 Å². The summed E-state index contributed by atoms with van der Waals surface area (Å²) in [5, 5.41) is 0. The molecule has 0 amide bonds. The van der Waals surface area contributed by atoms with Crippen molar-refractivity contribution in [3.05, 3.63) is 23.8 Å². The standard InChI is InChI=1S/C19H34O/c1-14(2)18(7)12-11-16(5)9-8-10-17(6)13-19(20)15(3)4/h8,10,13-16,18H,9,11-12H2,1-7H3/b10-8+,17-13+. The minimum atomic E-state index is 0.0924. The summed E-state index contributed by atoms with van der Waals surface area (Å²) in [6, 6.07) is 0. The van der Waals surface area contributed by atoms with E-state index in [2.05, 4.69) is 39.8 Å². The lowest BCUT2D eigenvalue weighted by Crippen LogP contribution is -2.06. The third-order valence-corrected chi connectivity index (χ3v) is 4.11. The fraction of sp³-hybridized carbons (Fsp3) is 0.737. The van der Waals surface area contributed by atoms with Gasteiger partial charge in [0.2, 0.25) is 0 Å². The molecule has 0 N–H and O–H groups in total.